The minimum Gasteiger partial charge on any atom is -0.478 e. The minimum atomic E-state index is -1.08. The minimum absolute atomic E-state index is 0.0390. The maximum absolute atomic E-state index is 11.9. The second-order valence-electron chi connectivity index (χ2n) is 4.40. The van der Waals surface area contributed by atoms with Crippen LogP contribution < -0.4 is 11.1 Å². The molecule has 6 heteroatoms. The molecule has 0 fully saturated rings. The summed E-state index contributed by atoms with van der Waals surface area (Å²) in [6.45, 7) is 3.83. The molecule has 0 bridgehead atoms. The van der Waals surface area contributed by atoms with E-state index in [2.05, 4.69) is 5.32 Å². The van der Waals surface area contributed by atoms with E-state index in [1.807, 2.05) is 36.4 Å². The van der Waals surface area contributed by atoms with E-state index in [-0.39, 0.29) is 23.1 Å². The van der Waals surface area contributed by atoms with Crippen LogP contribution >= 0.6 is 22.6 Å². The van der Waals surface area contributed by atoms with Gasteiger partial charge in [-0.1, -0.05) is 20.3 Å². The van der Waals surface area contributed by atoms with Crippen molar-refractivity contribution in [3.63, 3.8) is 0 Å². The van der Waals surface area contributed by atoms with Gasteiger partial charge in [-0.2, -0.15) is 0 Å². The van der Waals surface area contributed by atoms with Crippen LogP contribution in [0.4, 0.5) is 5.69 Å². The molecule has 1 amide bonds. The third kappa shape index (κ3) is 4.17. The lowest BCUT2D eigenvalue weighted by Gasteiger charge is -2.18. The monoisotopic (exact) mass is 376 g/mol. The zero-order valence-corrected chi connectivity index (χ0v) is 13.0. The molecule has 0 saturated heterocycles. The van der Waals surface area contributed by atoms with Crippen LogP contribution in [0.1, 0.15) is 30.6 Å². The lowest BCUT2D eigenvalue weighted by Crippen LogP contribution is -2.40. The van der Waals surface area contributed by atoms with Gasteiger partial charge in [-0.15, -0.1) is 0 Å². The fraction of sp³-hybridized carbons (Fsp3) is 0.385. The Labute approximate surface area is 125 Å². The SMILES string of the molecule is CCC(C)C(N)C(=O)Nc1ccc(I)cc1C(=O)O. The molecule has 0 radical (unpaired) electrons. The first kappa shape index (κ1) is 15.9. The highest BCUT2D eigenvalue weighted by molar-refractivity contribution is 14.1. The Hall–Kier alpha value is -1.15. The van der Waals surface area contributed by atoms with Crippen LogP contribution in [0, 0.1) is 9.49 Å². The molecule has 2 unspecified atom stereocenters. The van der Waals surface area contributed by atoms with Gasteiger partial charge in [0, 0.05) is 3.57 Å². The van der Waals surface area contributed by atoms with Crippen LogP contribution in [0.25, 0.3) is 0 Å². The number of nitrogens with two attached hydrogens (primary N) is 1. The van der Waals surface area contributed by atoms with Gasteiger partial charge < -0.3 is 16.2 Å². The first-order chi connectivity index (χ1) is 8.86. The maximum atomic E-state index is 11.9. The van der Waals surface area contributed by atoms with Crippen LogP contribution in [-0.4, -0.2) is 23.0 Å². The number of amides is 1. The van der Waals surface area contributed by atoms with E-state index in [1.165, 1.54) is 6.07 Å². The number of carboxylic acid groups (broad SMARTS) is 1. The normalized spacial score (nSPS) is 13.7. The lowest BCUT2D eigenvalue weighted by atomic mass is 9.99. The summed E-state index contributed by atoms with van der Waals surface area (Å²) in [5, 5.41) is 11.7. The largest absolute Gasteiger partial charge is 0.478 e. The summed E-state index contributed by atoms with van der Waals surface area (Å²) in [4.78, 5) is 23.1. The van der Waals surface area contributed by atoms with Gasteiger partial charge in [0.05, 0.1) is 17.3 Å². The zero-order valence-electron chi connectivity index (χ0n) is 10.8. The number of carbonyl (C=O) groups is 2. The predicted molar refractivity (Wildman–Crippen MR) is 82.2 cm³/mol. The van der Waals surface area contributed by atoms with E-state index in [0.29, 0.717) is 0 Å². The summed E-state index contributed by atoms with van der Waals surface area (Å²) < 4.78 is 0.791. The molecule has 1 aromatic carbocycles. The van der Waals surface area contributed by atoms with Crippen LogP contribution in [0.3, 0.4) is 0 Å². The van der Waals surface area contributed by atoms with E-state index < -0.39 is 12.0 Å². The van der Waals surface area contributed by atoms with Crippen molar-refractivity contribution >= 4 is 40.2 Å². The number of hydrogen-bond acceptors (Lipinski definition) is 3. The molecule has 0 saturated carbocycles. The summed E-state index contributed by atoms with van der Waals surface area (Å²) in [6, 6.07) is 4.17. The van der Waals surface area contributed by atoms with Crippen molar-refractivity contribution in [3.05, 3.63) is 27.3 Å². The Morgan fingerprint density at radius 3 is 2.63 bits per heavy atom. The number of hydrogen-bond donors (Lipinski definition) is 3. The molecule has 0 aliphatic carbocycles. The van der Waals surface area contributed by atoms with Crippen LogP contribution in [0.15, 0.2) is 18.2 Å². The highest BCUT2D eigenvalue weighted by Gasteiger charge is 2.21. The number of rotatable bonds is 5. The molecule has 0 aliphatic rings. The Bertz CT molecular complexity index is 491. The summed E-state index contributed by atoms with van der Waals surface area (Å²) in [7, 11) is 0. The number of benzene rings is 1. The van der Waals surface area contributed by atoms with E-state index in [1.54, 1.807) is 12.1 Å². The number of anilines is 1. The predicted octanol–water partition coefficient (Wildman–Crippen LogP) is 2.30. The van der Waals surface area contributed by atoms with E-state index in [0.717, 1.165) is 9.99 Å². The first-order valence-corrected chi connectivity index (χ1v) is 7.04. The smallest absolute Gasteiger partial charge is 0.337 e. The van der Waals surface area contributed by atoms with E-state index >= 15 is 0 Å². The summed E-state index contributed by atoms with van der Waals surface area (Å²) in [6.07, 6.45) is 0.785. The summed E-state index contributed by atoms with van der Waals surface area (Å²) >= 11 is 2.02. The topological polar surface area (TPSA) is 92.4 Å². The van der Waals surface area contributed by atoms with Gasteiger partial charge in [0.2, 0.25) is 5.91 Å². The van der Waals surface area contributed by atoms with Gasteiger partial charge in [-0.05, 0) is 46.7 Å². The lowest BCUT2D eigenvalue weighted by molar-refractivity contribution is -0.118. The molecule has 0 aliphatic heterocycles. The molecule has 19 heavy (non-hydrogen) atoms. The van der Waals surface area contributed by atoms with E-state index in [4.69, 9.17) is 10.8 Å². The molecule has 0 heterocycles. The second kappa shape index (κ2) is 6.85. The van der Waals surface area contributed by atoms with Crippen molar-refractivity contribution in [1.29, 1.82) is 0 Å². The standard InChI is InChI=1S/C13H17IN2O3/c1-3-7(2)11(15)12(17)16-10-5-4-8(14)6-9(10)13(18)19/h4-7,11H,3,15H2,1-2H3,(H,16,17)(H,18,19). The number of nitrogens with one attached hydrogen (secondary N) is 1. The first-order valence-electron chi connectivity index (χ1n) is 5.96. The average molecular weight is 376 g/mol. The molecule has 4 N–H and O–H groups in total. The van der Waals surface area contributed by atoms with E-state index in [9.17, 15) is 9.59 Å². The third-order valence-corrected chi connectivity index (χ3v) is 3.70. The van der Waals surface area contributed by atoms with Crippen molar-refractivity contribution in [3.8, 4) is 0 Å². The molecular formula is C13H17IN2O3. The molecule has 104 valence electrons. The molecule has 5 nitrogen and oxygen atoms in total. The maximum Gasteiger partial charge on any atom is 0.337 e. The van der Waals surface area contributed by atoms with Crippen molar-refractivity contribution in [2.75, 3.05) is 5.32 Å². The molecule has 0 spiro atoms. The van der Waals surface area contributed by atoms with Gasteiger partial charge in [0.1, 0.15) is 0 Å². The highest BCUT2D eigenvalue weighted by Crippen LogP contribution is 2.19. The fourth-order valence-electron chi connectivity index (χ4n) is 1.53. The summed E-state index contributed by atoms with van der Waals surface area (Å²) in [5.41, 5.74) is 6.16. The van der Waals surface area contributed by atoms with Crippen molar-refractivity contribution < 1.29 is 14.7 Å². The van der Waals surface area contributed by atoms with Crippen LogP contribution in [0.5, 0.6) is 0 Å². The van der Waals surface area contributed by atoms with Crippen LogP contribution in [-0.2, 0) is 4.79 Å². The number of carboxylic acids is 1. The van der Waals surface area contributed by atoms with Gasteiger partial charge in [-0.25, -0.2) is 4.79 Å². The van der Waals surface area contributed by atoms with Crippen LogP contribution in [0.2, 0.25) is 0 Å². The Kier molecular flexibility index (Phi) is 5.74. The van der Waals surface area contributed by atoms with Gasteiger partial charge in [0.15, 0.2) is 0 Å². The number of carbonyl (C=O) groups excluding carboxylic acids is 1. The number of aromatic carboxylic acids is 1. The van der Waals surface area contributed by atoms with Gasteiger partial charge in [-0.3, -0.25) is 4.79 Å². The van der Waals surface area contributed by atoms with Crippen molar-refractivity contribution in [2.24, 2.45) is 11.7 Å². The fourth-order valence-corrected chi connectivity index (χ4v) is 2.02. The Balaban J connectivity index is 2.94. The molecule has 0 aromatic heterocycles. The highest BCUT2D eigenvalue weighted by atomic mass is 127. The van der Waals surface area contributed by atoms with Crippen molar-refractivity contribution in [2.45, 2.75) is 26.3 Å². The zero-order chi connectivity index (χ0) is 14.6. The average Bonchev–Trinajstić information content (AvgIpc) is 2.38. The second-order valence-corrected chi connectivity index (χ2v) is 5.64. The molecule has 2 atom stereocenters. The van der Waals surface area contributed by atoms with Gasteiger partial charge >= 0.3 is 5.97 Å². The number of halogens is 1. The summed E-state index contributed by atoms with van der Waals surface area (Å²) in [5.74, 6) is -1.40. The Morgan fingerprint density at radius 1 is 1.47 bits per heavy atom. The third-order valence-electron chi connectivity index (χ3n) is 3.03. The van der Waals surface area contributed by atoms with Crippen molar-refractivity contribution in [1.82, 2.24) is 0 Å². The molecular weight excluding hydrogens is 359 g/mol. The molecule has 1 rings (SSSR count). The molecule has 1 aromatic rings. The van der Waals surface area contributed by atoms with Gasteiger partial charge in [0.25, 0.3) is 0 Å². The quantitative estimate of drug-likeness (QED) is 0.688. The Morgan fingerprint density at radius 2 is 2.11 bits per heavy atom.